The first-order valence-corrected chi connectivity index (χ1v) is 12.7. The predicted octanol–water partition coefficient (Wildman–Crippen LogP) is 3.02. The van der Waals surface area contributed by atoms with Crippen LogP contribution < -0.4 is 10.6 Å². The Morgan fingerprint density at radius 2 is 1.76 bits per heavy atom. The summed E-state index contributed by atoms with van der Waals surface area (Å²) in [5.41, 5.74) is 0.545. The lowest BCUT2D eigenvalue weighted by Gasteiger charge is -2.30. The number of halogens is 1. The van der Waals surface area contributed by atoms with E-state index in [1.54, 1.807) is 12.1 Å². The Hall–Kier alpha value is -2.62. The lowest BCUT2D eigenvalue weighted by molar-refractivity contribution is 0.0951. The number of phenolic OH excluding ortho intramolecular Hbond substituents is 1. The van der Waals surface area contributed by atoms with Gasteiger partial charge in [0.15, 0.2) is 0 Å². The highest BCUT2D eigenvalue weighted by Crippen LogP contribution is 2.29. The summed E-state index contributed by atoms with van der Waals surface area (Å²) in [6.45, 7) is 3.49. The van der Waals surface area contributed by atoms with Crippen LogP contribution in [-0.2, 0) is 10.0 Å². The number of carbonyl (C=O) groups is 2. The minimum absolute atomic E-state index is 0.00839. The fraction of sp³-hybridized carbons (Fsp3) is 0.391. The van der Waals surface area contributed by atoms with E-state index >= 15 is 0 Å². The molecule has 1 unspecified atom stereocenters. The summed E-state index contributed by atoms with van der Waals surface area (Å²) in [5.74, 6) is -0.466. The molecule has 1 aliphatic heterocycles. The predicted molar refractivity (Wildman–Crippen MR) is 126 cm³/mol. The van der Waals surface area contributed by atoms with E-state index in [-0.39, 0.29) is 39.6 Å². The minimum Gasteiger partial charge on any atom is -0.508 e. The first kappa shape index (κ1) is 25.0. The molecule has 1 heterocycles. The number of sulfonamides is 1. The van der Waals surface area contributed by atoms with Crippen LogP contribution in [0.1, 0.15) is 46.9 Å². The molecule has 1 saturated heterocycles. The molecule has 0 spiro atoms. The Bertz CT molecular complexity index is 1120. The minimum atomic E-state index is -3.79. The summed E-state index contributed by atoms with van der Waals surface area (Å²) in [6.07, 6.45) is 2.25. The molecule has 0 bridgehead atoms. The summed E-state index contributed by atoms with van der Waals surface area (Å²) in [5, 5.41) is 15.0. The van der Waals surface area contributed by atoms with E-state index in [1.165, 1.54) is 34.6 Å². The number of phenols is 1. The van der Waals surface area contributed by atoms with Gasteiger partial charge in [0.25, 0.3) is 11.8 Å². The second-order valence-corrected chi connectivity index (χ2v) is 10.5. The van der Waals surface area contributed by atoms with Crippen molar-refractivity contribution >= 4 is 33.4 Å². The number of hydrogen-bond donors (Lipinski definition) is 3. The van der Waals surface area contributed by atoms with Crippen molar-refractivity contribution in [3.05, 3.63) is 58.6 Å². The Kier molecular flexibility index (Phi) is 8.34. The van der Waals surface area contributed by atoms with Gasteiger partial charge in [-0.1, -0.05) is 24.6 Å². The maximum atomic E-state index is 13.1. The van der Waals surface area contributed by atoms with Crippen LogP contribution in [0.15, 0.2) is 47.4 Å². The van der Waals surface area contributed by atoms with Crippen LogP contribution in [0, 0.1) is 5.92 Å². The largest absolute Gasteiger partial charge is 0.508 e. The van der Waals surface area contributed by atoms with Crippen molar-refractivity contribution in [1.82, 2.24) is 14.9 Å². The number of rotatable bonds is 8. The molecule has 10 heteroatoms. The second-order valence-electron chi connectivity index (χ2n) is 8.17. The van der Waals surface area contributed by atoms with Crippen molar-refractivity contribution in [3.8, 4) is 5.75 Å². The Morgan fingerprint density at radius 3 is 2.39 bits per heavy atom. The topological polar surface area (TPSA) is 116 Å². The lowest BCUT2D eigenvalue weighted by atomic mass is 10.0. The van der Waals surface area contributed by atoms with Crippen LogP contribution in [-0.4, -0.2) is 55.8 Å². The van der Waals surface area contributed by atoms with E-state index in [1.807, 2.05) is 6.92 Å². The normalized spacial score (nSPS) is 16.8. The molecule has 0 aliphatic carbocycles. The maximum absolute atomic E-state index is 13.1. The van der Waals surface area contributed by atoms with Crippen molar-refractivity contribution < 1.29 is 23.1 Å². The SMILES string of the molecule is CC1CCCN(S(=O)(=O)c2cc(C(=O)NCCCNC(=O)c3cccc(O)c3)ccc2Cl)C1. The van der Waals surface area contributed by atoms with Gasteiger partial charge in [-0.3, -0.25) is 9.59 Å². The molecule has 2 aromatic carbocycles. The van der Waals surface area contributed by atoms with E-state index in [0.717, 1.165) is 12.8 Å². The number of aromatic hydroxyl groups is 1. The van der Waals surface area contributed by atoms with Crippen LogP contribution in [0.2, 0.25) is 5.02 Å². The standard InChI is InChI=1S/C23H28ClN3O5S/c1-16-5-3-12-27(15-16)33(31,32)21-14-18(8-9-20(21)24)23(30)26-11-4-10-25-22(29)17-6-2-7-19(28)13-17/h2,6-9,13-14,16,28H,3-5,10-12,15H2,1H3,(H,25,29)(H,26,30). The average Bonchev–Trinajstić information content (AvgIpc) is 2.78. The smallest absolute Gasteiger partial charge is 0.251 e. The lowest BCUT2D eigenvalue weighted by Crippen LogP contribution is -2.39. The van der Waals surface area contributed by atoms with Crippen LogP contribution in [0.5, 0.6) is 5.75 Å². The molecule has 2 aromatic rings. The highest BCUT2D eigenvalue weighted by Gasteiger charge is 2.30. The number of carbonyl (C=O) groups excluding carboxylic acids is 2. The Labute approximate surface area is 199 Å². The maximum Gasteiger partial charge on any atom is 0.251 e. The molecule has 178 valence electrons. The van der Waals surface area contributed by atoms with Gasteiger partial charge in [-0.25, -0.2) is 8.42 Å². The molecular formula is C23H28ClN3O5S. The molecule has 8 nitrogen and oxygen atoms in total. The van der Waals surface area contributed by atoms with E-state index in [9.17, 15) is 23.1 Å². The van der Waals surface area contributed by atoms with Gasteiger partial charge in [-0.05, 0) is 61.6 Å². The van der Waals surface area contributed by atoms with E-state index in [2.05, 4.69) is 10.6 Å². The average molecular weight is 494 g/mol. The first-order chi connectivity index (χ1) is 15.7. The number of amides is 2. The molecule has 1 atom stereocenters. The van der Waals surface area contributed by atoms with E-state index in [0.29, 0.717) is 31.6 Å². The van der Waals surface area contributed by atoms with Crippen molar-refractivity contribution in [1.29, 1.82) is 0 Å². The third-order valence-electron chi connectivity index (χ3n) is 5.46. The summed E-state index contributed by atoms with van der Waals surface area (Å²) in [4.78, 5) is 24.5. The van der Waals surface area contributed by atoms with E-state index < -0.39 is 15.9 Å². The molecule has 0 aromatic heterocycles. The van der Waals surface area contributed by atoms with Crippen LogP contribution in [0.25, 0.3) is 0 Å². The molecular weight excluding hydrogens is 466 g/mol. The quantitative estimate of drug-likeness (QED) is 0.489. The highest BCUT2D eigenvalue weighted by atomic mass is 35.5. The van der Waals surface area contributed by atoms with Gasteiger partial charge < -0.3 is 15.7 Å². The van der Waals surface area contributed by atoms with Gasteiger partial charge >= 0.3 is 0 Å². The molecule has 0 saturated carbocycles. The molecule has 3 N–H and O–H groups in total. The highest BCUT2D eigenvalue weighted by molar-refractivity contribution is 7.89. The van der Waals surface area contributed by atoms with Gasteiger partial charge in [0.05, 0.1) is 5.02 Å². The summed E-state index contributed by atoms with van der Waals surface area (Å²) in [7, 11) is -3.79. The molecule has 0 radical (unpaired) electrons. The third-order valence-corrected chi connectivity index (χ3v) is 7.81. The van der Waals surface area contributed by atoms with Gasteiger partial charge in [0, 0.05) is 37.3 Å². The number of hydrogen-bond acceptors (Lipinski definition) is 5. The number of nitrogens with zero attached hydrogens (tertiary/aromatic N) is 1. The van der Waals surface area contributed by atoms with E-state index in [4.69, 9.17) is 11.6 Å². The van der Waals surface area contributed by atoms with Crippen LogP contribution in [0.4, 0.5) is 0 Å². The summed E-state index contributed by atoms with van der Waals surface area (Å²) >= 11 is 6.18. The summed E-state index contributed by atoms with van der Waals surface area (Å²) in [6, 6.07) is 10.2. The summed E-state index contributed by atoms with van der Waals surface area (Å²) < 4.78 is 27.6. The van der Waals surface area contributed by atoms with Crippen LogP contribution in [0.3, 0.4) is 0 Å². The van der Waals surface area contributed by atoms with Crippen molar-refractivity contribution in [2.45, 2.75) is 31.1 Å². The van der Waals surface area contributed by atoms with Crippen LogP contribution >= 0.6 is 11.6 Å². The molecule has 1 fully saturated rings. The van der Waals surface area contributed by atoms with Gasteiger partial charge in [-0.2, -0.15) is 4.31 Å². The number of benzene rings is 2. The zero-order chi connectivity index (χ0) is 24.0. The molecule has 2 amide bonds. The van der Waals surface area contributed by atoms with Crippen molar-refractivity contribution in [2.24, 2.45) is 5.92 Å². The molecule has 3 rings (SSSR count). The Balaban J connectivity index is 1.54. The van der Waals surface area contributed by atoms with Gasteiger partial charge in [0.2, 0.25) is 10.0 Å². The van der Waals surface area contributed by atoms with Crippen molar-refractivity contribution in [3.63, 3.8) is 0 Å². The Morgan fingerprint density at radius 1 is 1.09 bits per heavy atom. The second kappa shape index (κ2) is 11.0. The fourth-order valence-corrected chi connectivity index (χ4v) is 5.79. The van der Waals surface area contributed by atoms with Crippen molar-refractivity contribution in [2.75, 3.05) is 26.2 Å². The first-order valence-electron chi connectivity index (χ1n) is 10.8. The molecule has 1 aliphatic rings. The third kappa shape index (κ3) is 6.46. The monoisotopic (exact) mass is 493 g/mol. The number of nitrogens with one attached hydrogen (secondary N) is 2. The zero-order valence-corrected chi connectivity index (χ0v) is 20.0. The molecule has 33 heavy (non-hydrogen) atoms. The fourth-order valence-electron chi connectivity index (χ4n) is 3.69. The number of piperidine rings is 1. The van der Waals surface area contributed by atoms with Gasteiger partial charge in [-0.15, -0.1) is 0 Å². The van der Waals surface area contributed by atoms with Gasteiger partial charge in [0.1, 0.15) is 10.6 Å². The zero-order valence-electron chi connectivity index (χ0n) is 18.4.